The molecule has 0 unspecified atom stereocenters. The van der Waals surface area contributed by atoms with Gasteiger partial charge in [-0.25, -0.2) is 29.9 Å². The zero-order valence-corrected chi connectivity index (χ0v) is 23.3. The van der Waals surface area contributed by atoms with Gasteiger partial charge in [-0.15, -0.1) is 0 Å². The number of aromatic nitrogens is 10. The molecule has 0 atom stereocenters. The second-order valence-electron chi connectivity index (χ2n) is 9.90. The van der Waals surface area contributed by atoms with Gasteiger partial charge >= 0.3 is 0 Å². The van der Waals surface area contributed by atoms with Crippen molar-refractivity contribution >= 4 is 51.9 Å². The molecule has 6 rings (SSSR count). The lowest BCUT2D eigenvalue weighted by atomic mass is 10.2. The molecule has 5 aromatic rings. The fourth-order valence-corrected chi connectivity index (χ4v) is 3.94. The van der Waals surface area contributed by atoms with E-state index in [-0.39, 0.29) is 23.3 Å². The minimum absolute atomic E-state index is 0.0596. The summed E-state index contributed by atoms with van der Waals surface area (Å²) >= 11 is 0. The normalized spacial score (nSPS) is 12.6. The number of rotatable bonds is 3. The molecule has 5 aromatic heterocycles. The van der Waals surface area contributed by atoms with E-state index in [1.165, 1.54) is 6.33 Å². The van der Waals surface area contributed by atoms with E-state index in [9.17, 15) is 9.59 Å². The first-order valence-electron chi connectivity index (χ1n) is 12.8. The molecule has 1 aliphatic rings. The third kappa shape index (κ3) is 5.57. The Labute approximate surface area is 229 Å². The molecular weight excluding hydrogens is 514 g/mol. The Bertz CT molecular complexity index is 1740. The Kier molecular flexibility index (Phi) is 8.02. The van der Waals surface area contributed by atoms with Gasteiger partial charge in [0, 0.05) is 30.8 Å². The number of imidazole rings is 3. The van der Waals surface area contributed by atoms with Crippen LogP contribution in [0.1, 0.15) is 76.6 Å². The summed E-state index contributed by atoms with van der Waals surface area (Å²) in [6.07, 6.45) is 8.48. The van der Waals surface area contributed by atoms with Gasteiger partial charge in [-0.1, -0.05) is 0 Å². The number of ketones is 1. The summed E-state index contributed by atoms with van der Waals surface area (Å²) in [5.41, 5.74) is 13.6. The molecule has 40 heavy (non-hydrogen) atoms. The van der Waals surface area contributed by atoms with Crippen LogP contribution in [0.15, 0.2) is 35.1 Å². The van der Waals surface area contributed by atoms with E-state index in [0.29, 0.717) is 52.5 Å². The lowest BCUT2D eigenvalue weighted by Crippen LogP contribution is -2.12. The van der Waals surface area contributed by atoms with E-state index in [1.54, 1.807) is 29.8 Å². The number of fused-ring (bicyclic) bond motifs is 3. The maximum atomic E-state index is 11.4. The lowest BCUT2D eigenvalue weighted by molar-refractivity contribution is 0.0996. The lowest BCUT2D eigenvalue weighted by Gasteiger charge is -2.10. The molecule has 0 amide bonds. The molecule has 0 radical (unpaired) electrons. The second-order valence-corrected chi connectivity index (χ2v) is 9.90. The summed E-state index contributed by atoms with van der Waals surface area (Å²) in [5, 5.41) is 0. The number of nitrogen functional groups attached to an aromatic ring is 2. The molecule has 15 heteroatoms. The van der Waals surface area contributed by atoms with Crippen molar-refractivity contribution in [3.05, 3.63) is 41.4 Å². The van der Waals surface area contributed by atoms with Crippen molar-refractivity contribution in [1.82, 2.24) is 48.6 Å². The molecule has 1 aliphatic heterocycles. The van der Waals surface area contributed by atoms with Gasteiger partial charge in [-0.2, -0.15) is 4.98 Å². The summed E-state index contributed by atoms with van der Waals surface area (Å²) in [7, 11) is 0. The molecule has 0 fully saturated rings. The first-order valence-corrected chi connectivity index (χ1v) is 12.8. The fraction of sp³-hybridized carbons (Fsp3) is 0.400. The fourth-order valence-electron chi connectivity index (χ4n) is 3.94. The van der Waals surface area contributed by atoms with Crippen LogP contribution in [-0.2, 0) is 0 Å². The maximum absolute atomic E-state index is 11.4. The van der Waals surface area contributed by atoms with Gasteiger partial charge in [-0.05, 0) is 41.5 Å². The Hall–Kier alpha value is -4.95. The zero-order valence-electron chi connectivity index (χ0n) is 23.3. The highest BCUT2D eigenvalue weighted by molar-refractivity contribution is 6.08. The number of Topliss-reactive ketones (excluding diaryl/α,β-unsaturated/α-hetero) is 1. The van der Waals surface area contributed by atoms with Crippen molar-refractivity contribution in [2.75, 3.05) is 11.5 Å². The number of aliphatic imine (C=N–C) groups is 1. The first kappa shape index (κ1) is 28.1. The Morgan fingerprint density at radius 3 is 2.02 bits per heavy atom. The molecule has 0 aromatic carbocycles. The predicted octanol–water partition coefficient (Wildman–Crippen LogP) is 3.02. The number of hydrogen-bond acceptors (Lipinski definition) is 11. The first-order chi connectivity index (χ1) is 19.0. The molecule has 0 saturated carbocycles. The zero-order chi connectivity index (χ0) is 29.1. The van der Waals surface area contributed by atoms with Crippen molar-refractivity contribution in [2.45, 2.75) is 66.1 Å². The van der Waals surface area contributed by atoms with Crippen molar-refractivity contribution < 1.29 is 4.79 Å². The highest BCUT2D eigenvalue weighted by Crippen LogP contribution is 2.25. The molecule has 0 spiro atoms. The van der Waals surface area contributed by atoms with Crippen LogP contribution in [0, 0.1) is 0 Å². The van der Waals surface area contributed by atoms with Gasteiger partial charge in [0.05, 0.1) is 19.0 Å². The van der Waals surface area contributed by atoms with E-state index in [0.717, 1.165) is 5.65 Å². The van der Waals surface area contributed by atoms with Crippen LogP contribution >= 0.6 is 0 Å². The topological polar surface area (TPSA) is 206 Å². The SMILES string of the molecule is CC(C)n1cnc2c(=O)[nH]c(N)nc21.CC(C)n1cnc2c(N)ncnc21.CC(C)n1cnc2c1N=CCC2=O. The molecule has 5 N–H and O–H groups in total. The molecule has 210 valence electrons. The van der Waals surface area contributed by atoms with Crippen LogP contribution in [-0.4, -0.2) is 60.6 Å². The molecule has 0 saturated heterocycles. The highest BCUT2D eigenvalue weighted by Gasteiger charge is 2.20. The highest BCUT2D eigenvalue weighted by atomic mass is 16.1. The van der Waals surface area contributed by atoms with Gasteiger partial charge in [-0.3, -0.25) is 14.6 Å². The summed E-state index contributed by atoms with van der Waals surface area (Å²) in [6.45, 7) is 12.2. The molecular formula is C25H33N13O2. The number of anilines is 2. The number of nitrogens with one attached hydrogen (secondary N) is 1. The quantitative estimate of drug-likeness (QED) is 0.301. The van der Waals surface area contributed by atoms with Gasteiger partial charge in [0.25, 0.3) is 5.56 Å². The van der Waals surface area contributed by atoms with Crippen LogP contribution in [0.5, 0.6) is 0 Å². The maximum Gasteiger partial charge on any atom is 0.280 e. The summed E-state index contributed by atoms with van der Waals surface area (Å²) in [6, 6.07) is 0.826. The Morgan fingerprint density at radius 1 is 0.775 bits per heavy atom. The smallest absolute Gasteiger partial charge is 0.280 e. The summed E-state index contributed by atoms with van der Waals surface area (Å²) < 4.78 is 5.68. The number of aromatic amines is 1. The van der Waals surface area contributed by atoms with Crippen LogP contribution in [0.4, 0.5) is 17.6 Å². The van der Waals surface area contributed by atoms with Gasteiger partial charge in [0.15, 0.2) is 39.9 Å². The summed E-state index contributed by atoms with van der Waals surface area (Å²) in [5.74, 6) is 1.31. The molecule has 6 heterocycles. The molecule has 0 aliphatic carbocycles. The van der Waals surface area contributed by atoms with Crippen LogP contribution in [0.25, 0.3) is 22.3 Å². The monoisotopic (exact) mass is 547 g/mol. The number of H-pyrrole nitrogens is 1. The number of nitrogens with two attached hydrogens (primary N) is 2. The van der Waals surface area contributed by atoms with Crippen LogP contribution in [0.2, 0.25) is 0 Å². The average molecular weight is 548 g/mol. The van der Waals surface area contributed by atoms with Crippen molar-refractivity contribution in [3.63, 3.8) is 0 Å². The average Bonchev–Trinajstić information content (AvgIpc) is 3.62. The molecule has 15 nitrogen and oxygen atoms in total. The van der Waals surface area contributed by atoms with Gasteiger partial charge in [0.2, 0.25) is 5.95 Å². The van der Waals surface area contributed by atoms with E-state index in [4.69, 9.17) is 11.5 Å². The second kappa shape index (κ2) is 11.4. The van der Waals surface area contributed by atoms with E-state index < -0.39 is 0 Å². The third-order valence-corrected chi connectivity index (χ3v) is 6.03. The van der Waals surface area contributed by atoms with E-state index in [2.05, 4.69) is 53.7 Å². The van der Waals surface area contributed by atoms with Crippen molar-refractivity contribution in [3.8, 4) is 0 Å². The van der Waals surface area contributed by atoms with Crippen molar-refractivity contribution in [2.24, 2.45) is 4.99 Å². The van der Waals surface area contributed by atoms with Crippen LogP contribution in [0.3, 0.4) is 0 Å². The molecule has 0 bridgehead atoms. The minimum Gasteiger partial charge on any atom is -0.382 e. The predicted molar refractivity (Wildman–Crippen MR) is 153 cm³/mol. The standard InChI is InChI=1S/C9H11N3O.C8H11N5O.C8H11N5/c1-6(2)12-5-11-8-7(13)3-4-10-9(8)12;1-4(2)13-3-10-5-6(13)11-8(9)12-7(5)14;1-5(2)13-4-12-6-7(9)10-3-11-8(6)13/h4-6H,3H2,1-2H3;3-4H,1-2H3,(H3,9,11,12,14);3-5H,1-2H3,(H2,9,10,11). The van der Waals surface area contributed by atoms with Crippen molar-refractivity contribution in [1.29, 1.82) is 0 Å². The largest absolute Gasteiger partial charge is 0.382 e. The minimum atomic E-state index is -0.299. The van der Waals surface area contributed by atoms with E-state index >= 15 is 0 Å². The summed E-state index contributed by atoms with van der Waals surface area (Å²) in [4.78, 5) is 53.6. The number of hydrogen-bond donors (Lipinski definition) is 3. The number of carbonyl (C=O) groups is 1. The van der Waals surface area contributed by atoms with Gasteiger partial charge in [0.1, 0.15) is 11.8 Å². The number of carbonyl (C=O) groups excluding carboxylic acids is 1. The van der Waals surface area contributed by atoms with Gasteiger partial charge < -0.3 is 25.2 Å². The number of nitrogens with zero attached hydrogens (tertiary/aromatic N) is 10. The Morgan fingerprint density at radius 2 is 1.38 bits per heavy atom. The van der Waals surface area contributed by atoms with E-state index in [1.807, 2.05) is 36.8 Å². The third-order valence-electron chi connectivity index (χ3n) is 6.03. The van der Waals surface area contributed by atoms with Crippen LogP contribution < -0.4 is 17.0 Å². The Balaban J connectivity index is 0.000000139.